The van der Waals surface area contributed by atoms with Crippen LogP contribution >= 0.6 is 0 Å². The van der Waals surface area contributed by atoms with Crippen LogP contribution in [0.3, 0.4) is 0 Å². The number of hydrogen-bond donors (Lipinski definition) is 1. The molecule has 1 aliphatic rings. The van der Waals surface area contributed by atoms with Crippen LogP contribution in [-0.2, 0) is 4.79 Å². The smallest absolute Gasteiger partial charge is 0.244 e. The van der Waals surface area contributed by atoms with Crippen molar-refractivity contribution >= 4 is 12.0 Å². The van der Waals surface area contributed by atoms with Crippen molar-refractivity contribution in [3.05, 3.63) is 41.7 Å². The van der Waals surface area contributed by atoms with Gasteiger partial charge >= 0.3 is 0 Å². The van der Waals surface area contributed by atoms with Crippen LogP contribution in [0, 0.1) is 5.82 Å². The van der Waals surface area contributed by atoms with Gasteiger partial charge in [-0.1, -0.05) is 25.0 Å². The predicted octanol–water partition coefficient (Wildman–Crippen LogP) is 2.83. The van der Waals surface area contributed by atoms with Crippen LogP contribution in [0.4, 0.5) is 4.39 Å². The molecule has 1 aromatic carbocycles. The third-order valence-corrected chi connectivity index (χ3v) is 3.99. The Morgan fingerprint density at radius 2 is 2.19 bits per heavy atom. The van der Waals surface area contributed by atoms with Crippen molar-refractivity contribution in [2.45, 2.75) is 31.7 Å². The van der Waals surface area contributed by atoms with E-state index in [1.165, 1.54) is 43.9 Å². The molecular weight excluding hydrogens is 267 g/mol. The quantitative estimate of drug-likeness (QED) is 0.817. The van der Waals surface area contributed by atoms with Crippen molar-refractivity contribution in [3.63, 3.8) is 0 Å². The van der Waals surface area contributed by atoms with E-state index in [2.05, 4.69) is 17.3 Å². The Morgan fingerprint density at radius 1 is 1.43 bits per heavy atom. The van der Waals surface area contributed by atoms with E-state index >= 15 is 0 Å². The molecule has 0 heterocycles. The zero-order valence-electron chi connectivity index (χ0n) is 12.5. The van der Waals surface area contributed by atoms with Crippen molar-refractivity contribution in [2.24, 2.45) is 0 Å². The van der Waals surface area contributed by atoms with Crippen LogP contribution in [0.5, 0.6) is 0 Å². The van der Waals surface area contributed by atoms with E-state index in [1.807, 2.05) is 0 Å². The Hall–Kier alpha value is -1.68. The maximum Gasteiger partial charge on any atom is 0.244 e. The molecule has 3 nitrogen and oxygen atoms in total. The van der Waals surface area contributed by atoms with Crippen LogP contribution in [0.1, 0.15) is 31.2 Å². The first kappa shape index (κ1) is 15.7. The standard InChI is InChI=1S/C17H23FN2O/c1-20(16-7-2-3-8-16)12-11-19-17(21)10-9-14-5-4-6-15(18)13-14/h4-6,9-10,13,16H,2-3,7-8,11-12H2,1H3,(H,19,21)/b10-9+. The summed E-state index contributed by atoms with van der Waals surface area (Å²) in [6, 6.07) is 6.85. The minimum absolute atomic E-state index is 0.140. The Labute approximate surface area is 125 Å². The van der Waals surface area contributed by atoms with E-state index in [4.69, 9.17) is 0 Å². The van der Waals surface area contributed by atoms with Gasteiger partial charge in [-0.05, 0) is 43.7 Å². The lowest BCUT2D eigenvalue weighted by molar-refractivity contribution is -0.116. The van der Waals surface area contributed by atoms with Gasteiger partial charge in [0.05, 0.1) is 0 Å². The van der Waals surface area contributed by atoms with Crippen molar-refractivity contribution in [2.75, 3.05) is 20.1 Å². The van der Waals surface area contributed by atoms with E-state index in [9.17, 15) is 9.18 Å². The number of likely N-dealkylation sites (N-methyl/N-ethyl adjacent to an activating group) is 1. The van der Waals surface area contributed by atoms with E-state index in [-0.39, 0.29) is 11.7 Å². The molecule has 1 amide bonds. The molecule has 0 unspecified atom stereocenters. The fourth-order valence-corrected chi connectivity index (χ4v) is 2.72. The summed E-state index contributed by atoms with van der Waals surface area (Å²) in [7, 11) is 2.12. The van der Waals surface area contributed by atoms with Gasteiger partial charge in [0.1, 0.15) is 5.82 Å². The molecule has 0 atom stereocenters. The van der Waals surface area contributed by atoms with E-state index in [0.717, 1.165) is 6.54 Å². The molecule has 0 radical (unpaired) electrons. The fourth-order valence-electron chi connectivity index (χ4n) is 2.72. The Balaban J connectivity index is 1.69. The van der Waals surface area contributed by atoms with Crippen molar-refractivity contribution in [1.29, 1.82) is 0 Å². The predicted molar refractivity (Wildman–Crippen MR) is 83.3 cm³/mol. The lowest BCUT2D eigenvalue weighted by Crippen LogP contribution is -2.36. The molecule has 2 rings (SSSR count). The highest BCUT2D eigenvalue weighted by molar-refractivity contribution is 5.91. The van der Waals surface area contributed by atoms with Crippen LogP contribution in [0.15, 0.2) is 30.3 Å². The van der Waals surface area contributed by atoms with Crippen LogP contribution in [-0.4, -0.2) is 37.0 Å². The van der Waals surface area contributed by atoms with E-state index < -0.39 is 0 Å². The molecule has 1 saturated carbocycles. The average Bonchev–Trinajstić information content (AvgIpc) is 2.99. The van der Waals surface area contributed by atoms with E-state index in [1.54, 1.807) is 18.2 Å². The van der Waals surface area contributed by atoms with Gasteiger partial charge in [-0.2, -0.15) is 0 Å². The number of carbonyl (C=O) groups is 1. The van der Waals surface area contributed by atoms with Gasteiger partial charge in [-0.3, -0.25) is 4.79 Å². The molecule has 1 aliphatic carbocycles. The van der Waals surface area contributed by atoms with Gasteiger partial charge in [0.2, 0.25) is 5.91 Å². The summed E-state index contributed by atoms with van der Waals surface area (Å²) >= 11 is 0. The molecule has 0 aromatic heterocycles. The second-order valence-corrected chi connectivity index (χ2v) is 5.60. The summed E-state index contributed by atoms with van der Waals surface area (Å²) in [5, 5.41) is 2.86. The molecule has 0 bridgehead atoms. The monoisotopic (exact) mass is 290 g/mol. The maximum atomic E-state index is 13.0. The summed E-state index contributed by atoms with van der Waals surface area (Å²) in [4.78, 5) is 14.0. The summed E-state index contributed by atoms with van der Waals surface area (Å²) < 4.78 is 13.0. The average molecular weight is 290 g/mol. The molecule has 1 fully saturated rings. The first-order valence-electron chi connectivity index (χ1n) is 7.57. The van der Waals surface area contributed by atoms with Gasteiger partial charge in [-0.25, -0.2) is 4.39 Å². The van der Waals surface area contributed by atoms with Crippen molar-refractivity contribution in [1.82, 2.24) is 10.2 Å². The minimum atomic E-state index is -0.296. The highest BCUT2D eigenvalue weighted by Crippen LogP contribution is 2.21. The largest absolute Gasteiger partial charge is 0.351 e. The first-order chi connectivity index (χ1) is 10.1. The second kappa shape index (κ2) is 7.93. The maximum absolute atomic E-state index is 13.0. The molecule has 4 heteroatoms. The lowest BCUT2D eigenvalue weighted by atomic mass is 10.2. The molecule has 0 spiro atoms. The highest BCUT2D eigenvalue weighted by Gasteiger charge is 2.18. The van der Waals surface area contributed by atoms with Gasteiger partial charge in [0.25, 0.3) is 0 Å². The summed E-state index contributed by atoms with van der Waals surface area (Å²) in [6.07, 6.45) is 8.24. The van der Waals surface area contributed by atoms with Crippen LogP contribution in [0.25, 0.3) is 6.08 Å². The van der Waals surface area contributed by atoms with Crippen molar-refractivity contribution < 1.29 is 9.18 Å². The molecule has 1 N–H and O–H groups in total. The number of nitrogens with one attached hydrogen (secondary N) is 1. The van der Waals surface area contributed by atoms with Gasteiger partial charge in [-0.15, -0.1) is 0 Å². The first-order valence-corrected chi connectivity index (χ1v) is 7.57. The second-order valence-electron chi connectivity index (χ2n) is 5.60. The zero-order valence-corrected chi connectivity index (χ0v) is 12.5. The minimum Gasteiger partial charge on any atom is -0.351 e. The topological polar surface area (TPSA) is 32.3 Å². The number of benzene rings is 1. The molecule has 0 aliphatic heterocycles. The van der Waals surface area contributed by atoms with Crippen molar-refractivity contribution in [3.8, 4) is 0 Å². The number of amides is 1. The number of halogens is 1. The SMILES string of the molecule is CN(CCNC(=O)/C=C/c1cccc(F)c1)C1CCCC1. The van der Waals surface area contributed by atoms with Gasteiger partial charge in [0, 0.05) is 25.2 Å². The van der Waals surface area contributed by atoms with Crippen LogP contribution in [0.2, 0.25) is 0 Å². The molecular formula is C17H23FN2O. The summed E-state index contributed by atoms with van der Waals surface area (Å²) in [5.41, 5.74) is 0.688. The summed E-state index contributed by atoms with van der Waals surface area (Å²) in [5.74, 6) is -0.435. The van der Waals surface area contributed by atoms with E-state index in [0.29, 0.717) is 18.2 Å². The Kier molecular flexibility index (Phi) is 5.93. The van der Waals surface area contributed by atoms with Gasteiger partial charge in [0.15, 0.2) is 0 Å². The number of hydrogen-bond acceptors (Lipinski definition) is 2. The Bertz CT molecular complexity index is 495. The normalized spacial score (nSPS) is 16.0. The number of rotatable bonds is 6. The number of carbonyl (C=O) groups excluding carboxylic acids is 1. The summed E-state index contributed by atoms with van der Waals surface area (Å²) in [6.45, 7) is 1.50. The zero-order chi connectivity index (χ0) is 15.1. The molecule has 1 aromatic rings. The third kappa shape index (κ3) is 5.31. The Morgan fingerprint density at radius 3 is 2.90 bits per heavy atom. The fraction of sp³-hybridized carbons (Fsp3) is 0.471. The molecule has 0 saturated heterocycles. The number of nitrogens with zero attached hydrogens (tertiary/aromatic N) is 1. The van der Waals surface area contributed by atoms with Crippen LogP contribution < -0.4 is 5.32 Å². The van der Waals surface area contributed by atoms with Gasteiger partial charge < -0.3 is 10.2 Å². The molecule has 21 heavy (non-hydrogen) atoms. The lowest BCUT2D eigenvalue weighted by Gasteiger charge is -2.23. The highest BCUT2D eigenvalue weighted by atomic mass is 19.1. The molecule has 114 valence electrons. The third-order valence-electron chi connectivity index (χ3n) is 3.99.